The van der Waals surface area contributed by atoms with Crippen LogP contribution < -0.4 is 20.3 Å². The highest BCUT2D eigenvalue weighted by atomic mass is 32.2. The second-order valence-electron chi connectivity index (χ2n) is 11.1. The number of carbonyl (C=O) groups is 6. The number of unbranched alkanes of at least 4 members (excludes halogenated alkanes) is 2. The summed E-state index contributed by atoms with van der Waals surface area (Å²) in [5.74, 6) is -5.18. The monoisotopic (exact) mass is 745 g/mol. The van der Waals surface area contributed by atoms with Crippen molar-refractivity contribution in [3.8, 4) is 11.5 Å². The third kappa shape index (κ3) is 12.6. The number of nitrogens with one attached hydrogen (secondary N) is 2. The number of carbonyl (C=O) groups excluding carboxylic acids is 5. The fraction of sp³-hybridized carbons (Fsp3) is 0.533. The Labute approximate surface area is 292 Å². The van der Waals surface area contributed by atoms with E-state index in [1.165, 1.54) is 37.3 Å². The molecule has 0 radical (unpaired) electrons. The van der Waals surface area contributed by atoms with Gasteiger partial charge in [0.05, 0.1) is 5.75 Å². The average Bonchev–Trinajstić information content (AvgIpc) is 3.39. The van der Waals surface area contributed by atoms with Gasteiger partial charge < -0.3 is 49.2 Å². The summed E-state index contributed by atoms with van der Waals surface area (Å²) >= 11 is -2.47. The summed E-state index contributed by atoms with van der Waals surface area (Å²) in [5, 5.41) is 41.8. The Balaban J connectivity index is 1.50. The van der Waals surface area contributed by atoms with Gasteiger partial charge in [0.2, 0.25) is 12.2 Å². The van der Waals surface area contributed by atoms with Crippen molar-refractivity contribution in [3.63, 3.8) is 0 Å². The third-order valence-electron chi connectivity index (χ3n) is 7.30. The van der Waals surface area contributed by atoms with Gasteiger partial charge >= 0.3 is 11.9 Å². The topological polar surface area (TPSA) is 294 Å². The number of nitrogens with zero attached hydrogens (tertiary/aromatic N) is 1. The lowest BCUT2D eigenvalue weighted by Crippen LogP contribution is -2.61. The molecule has 3 rings (SSSR count). The Morgan fingerprint density at radius 3 is 2.35 bits per heavy atom. The molecule has 1 fully saturated rings. The molecule has 0 aromatic heterocycles. The molecule has 20 nitrogen and oxygen atoms in total. The molecule has 7 atom stereocenters. The predicted molar refractivity (Wildman–Crippen MR) is 168 cm³/mol. The summed E-state index contributed by atoms with van der Waals surface area (Å²) in [4.78, 5) is 77.1. The molecule has 2 aliphatic rings. The Hall–Kier alpha value is -4.51. The number of carboxylic acid groups (broad SMARTS) is 1. The molecular weight excluding hydrogens is 706 g/mol. The van der Waals surface area contributed by atoms with E-state index in [0.717, 1.165) is 4.90 Å². The maximum Gasteiger partial charge on any atom is 0.335 e. The first-order valence-corrected chi connectivity index (χ1v) is 16.8. The van der Waals surface area contributed by atoms with Gasteiger partial charge in [-0.05, 0) is 25.0 Å². The fourth-order valence-electron chi connectivity index (χ4n) is 4.69. The van der Waals surface area contributed by atoms with Crippen molar-refractivity contribution < 1.29 is 81.7 Å². The van der Waals surface area contributed by atoms with E-state index in [9.17, 15) is 58.0 Å². The number of aliphatic carboxylic acids is 1. The highest BCUT2D eigenvalue weighted by Gasteiger charge is 2.48. The second kappa shape index (κ2) is 19.8. The van der Waals surface area contributed by atoms with Crippen LogP contribution in [0.25, 0.3) is 0 Å². The van der Waals surface area contributed by atoms with Crippen LogP contribution in [0.3, 0.4) is 0 Å². The molecule has 4 amide bonds. The SMILES string of the molecule is CC(=O)OCc1ccc(O[C@@H]2O[C@H](C(=O)O)[C@@H](O)[C@H](O)[C@H]2O)cc1OCCONC(=O)[C@H](CS(=O)O)NC(=O)CCCCCN1C(=O)C=CC1=O. The van der Waals surface area contributed by atoms with Gasteiger partial charge in [0.1, 0.15) is 55.7 Å². The number of carboxylic acids is 1. The van der Waals surface area contributed by atoms with E-state index in [1.807, 2.05) is 0 Å². The van der Waals surface area contributed by atoms with Crippen LogP contribution in [0.15, 0.2) is 30.4 Å². The number of ether oxygens (including phenoxy) is 4. The van der Waals surface area contributed by atoms with Crippen molar-refractivity contribution in [2.45, 2.75) is 76.0 Å². The van der Waals surface area contributed by atoms with Crippen LogP contribution in [0.4, 0.5) is 0 Å². The maximum atomic E-state index is 12.6. The Kier molecular flexibility index (Phi) is 15.9. The first-order chi connectivity index (χ1) is 24.2. The maximum absolute atomic E-state index is 12.6. The third-order valence-corrected chi connectivity index (χ3v) is 7.92. The molecule has 1 aromatic rings. The number of imide groups is 1. The Morgan fingerprint density at radius 1 is 1.00 bits per heavy atom. The van der Waals surface area contributed by atoms with E-state index in [2.05, 4.69) is 10.8 Å². The number of rotatable bonds is 20. The largest absolute Gasteiger partial charge is 0.491 e. The summed E-state index contributed by atoms with van der Waals surface area (Å²) in [6.07, 6.45) is -5.68. The average molecular weight is 746 g/mol. The second-order valence-corrected chi connectivity index (χ2v) is 12.1. The molecule has 2 heterocycles. The molecular formula is C30H39N3O17S. The molecule has 282 valence electrons. The number of aliphatic hydroxyl groups excluding tert-OH is 3. The summed E-state index contributed by atoms with van der Waals surface area (Å²) in [7, 11) is 0. The summed E-state index contributed by atoms with van der Waals surface area (Å²) in [5.41, 5.74) is 2.38. The van der Waals surface area contributed by atoms with Crippen LogP contribution in [-0.4, -0.2) is 132 Å². The Morgan fingerprint density at radius 2 is 1.71 bits per heavy atom. The molecule has 0 aliphatic carbocycles. The zero-order chi connectivity index (χ0) is 37.7. The van der Waals surface area contributed by atoms with E-state index in [1.54, 1.807) is 0 Å². The highest BCUT2D eigenvalue weighted by molar-refractivity contribution is 7.79. The first kappa shape index (κ1) is 40.9. The van der Waals surface area contributed by atoms with Crippen LogP contribution >= 0.6 is 0 Å². The molecule has 7 N–H and O–H groups in total. The van der Waals surface area contributed by atoms with Crippen LogP contribution in [0.2, 0.25) is 0 Å². The van der Waals surface area contributed by atoms with Gasteiger partial charge in [0.25, 0.3) is 17.7 Å². The van der Waals surface area contributed by atoms with E-state index >= 15 is 0 Å². The van der Waals surface area contributed by atoms with Gasteiger partial charge in [-0.2, -0.15) is 0 Å². The summed E-state index contributed by atoms with van der Waals surface area (Å²) in [6.45, 7) is 0.573. The van der Waals surface area contributed by atoms with Crippen molar-refractivity contribution in [1.82, 2.24) is 15.7 Å². The van der Waals surface area contributed by atoms with Crippen molar-refractivity contribution in [2.75, 3.05) is 25.5 Å². The molecule has 0 bridgehead atoms. The number of aliphatic hydroxyl groups is 3. The lowest BCUT2D eigenvalue weighted by atomic mass is 9.99. The van der Waals surface area contributed by atoms with Gasteiger partial charge in [-0.15, -0.1) is 0 Å². The zero-order valence-electron chi connectivity index (χ0n) is 27.2. The van der Waals surface area contributed by atoms with Crippen LogP contribution in [-0.2, 0) is 60.8 Å². The van der Waals surface area contributed by atoms with E-state index < -0.39 is 89.1 Å². The number of hydrogen-bond acceptors (Lipinski definition) is 15. The van der Waals surface area contributed by atoms with Crippen molar-refractivity contribution >= 4 is 46.6 Å². The van der Waals surface area contributed by atoms with Gasteiger partial charge in [-0.3, -0.25) is 33.7 Å². The van der Waals surface area contributed by atoms with E-state index in [4.69, 9.17) is 23.8 Å². The number of benzene rings is 1. The zero-order valence-corrected chi connectivity index (χ0v) is 28.0. The minimum absolute atomic E-state index is 0.0381. The van der Waals surface area contributed by atoms with Gasteiger partial charge in [0, 0.05) is 43.7 Å². The highest BCUT2D eigenvalue weighted by Crippen LogP contribution is 2.29. The molecule has 21 heteroatoms. The fourth-order valence-corrected chi connectivity index (χ4v) is 5.21. The summed E-state index contributed by atoms with van der Waals surface area (Å²) in [6, 6.07) is 2.60. The van der Waals surface area contributed by atoms with E-state index in [-0.39, 0.29) is 44.3 Å². The quantitative estimate of drug-likeness (QED) is 0.0241. The Bertz CT molecular complexity index is 1470. The van der Waals surface area contributed by atoms with Crippen molar-refractivity contribution in [2.24, 2.45) is 0 Å². The molecule has 1 saturated heterocycles. The molecule has 51 heavy (non-hydrogen) atoms. The first-order valence-electron chi connectivity index (χ1n) is 15.5. The van der Waals surface area contributed by atoms with Crippen LogP contribution in [0.1, 0.15) is 38.2 Å². The summed E-state index contributed by atoms with van der Waals surface area (Å²) < 4.78 is 42.0. The number of esters is 1. The molecule has 0 spiro atoms. The lowest BCUT2D eigenvalue weighted by molar-refractivity contribution is -0.271. The number of amides is 4. The number of hydrogen-bond donors (Lipinski definition) is 7. The molecule has 1 aromatic carbocycles. The molecule has 1 unspecified atom stereocenters. The van der Waals surface area contributed by atoms with Crippen molar-refractivity contribution in [3.05, 3.63) is 35.9 Å². The van der Waals surface area contributed by atoms with E-state index in [0.29, 0.717) is 24.8 Å². The van der Waals surface area contributed by atoms with Gasteiger partial charge in [-0.1, -0.05) is 6.42 Å². The van der Waals surface area contributed by atoms with Gasteiger partial charge in [-0.25, -0.2) is 14.5 Å². The van der Waals surface area contributed by atoms with Crippen LogP contribution in [0.5, 0.6) is 11.5 Å². The molecule has 0 saturated carbocycles. The van der Waals surface area contributed by atoms with Crippen molar-refractivity contribution in [1.29, 1.82) is 0 Å². The lowest BCUT2D eigenvalue weighted by Gasteiger charge is -2.38. The smallest absolute Gasteiger partial charge is 0.335 e. The normalized spacial score (nSPS) is 22.6. The minimum Gasteiger partial charge on any atom is -0.491 e. The van der Waals surface area contributed by atoms with Crippen LogP contribution in [0, 0.1) is 0 Å². The van der Waals surface area contributed by atoms with Gasteiger partial charge in [0.15, 0.2) is 17.2 Å². The molecule has 2 aliphatic heterocycles. The predicted octanol–water partition coefficient (Wildman–Crippen LogP) is -2.36. The number of hydroxylamine groups is 1. The minimum atomic E-state index is -2.47. The standard InChI is InChI=1S/C30H39N3O17S/c1-16(34)47-14-17-6-7-18(49-30-26(40)24(38)25(39)27(50-30)29(42)43)13-20(17)46-11-12-48-32-28(41)19(15-51(44)45)31-21(35)5-3-2-4-10-33-22(36)8-9-23(33)37/h6-9,13,19,24-27,30,38-40H,2-5,10-12,14-15H2,1H3,(H,31,35)(H,32,41)(H,42,43)(H,44,45)/t19-,24-,25-,26+,27-,30+/m0/s1.